The zero-order valence-electron chi connectivity index (χ0n) is 10.0. The van der Waals surface area contributed by atoms with Crippen LogP contribution in [0.25, 0.3) is 0 Å². The minimum atomic E-state index is -0.439. The Balaban J connectivity index is 2.37. The van der Waals surface area contributed by atoms with Gasteiger partial charge in [-0.05, 0) is 40.0 Å². The van der Waals surface area contributed by atoms with Gasteiger partial charge in [0.25, 0.3) is 0 Å². The molecule has 0 heterocycles. The number of hydrogen-bond donors (Lipinski definition) is 1. The second kappa shape index (κ2) is 4.84. The first-order valence-electron chi connectivity index (χ1n) is 5.44. The normalized spacial score (nSPS) is 26.4. The van der Waals surface area contributed by atoms with Crippen LogP contribution in [-0.4, -0.2) is 30.9 Å². The van der Waals surface area contributed by atoms with E-state index in [1.54, 1.807) is 7.11 Å². The number of hydrogen-bond acceptors (Lipinski definition) is 3. The predicted molar refractivity (Wildman–Crippen MR) is 57.8 cm³/mol. The molecular formula is C11H21NO3. The van der Waals surface area contributed by atoms with Gasteiger partial charge in [0.1, 0.15) is 5.60 Å². The molecule has 0 aromatic carbocycles. The van der Waals surface area contributed by atoms with Crippen molar-refractivity contribution in [3.63, 3.8) is 0 Å². The summed E-state index contributed by atoms with van der Waals surface area (Å²) in [6, 6.07) is 0.102. The van der Waals surface area contributed by atoms with Crippen LogP contribution in [0.15, 0.2) is 0 Å². The van der Waals surface area contributed by atoms with Gasteiger partial charge in [-0.25, -0.2) is 4.79 Å². The molecule has 1 fully saturated rings. The molecule has 4 heteroatoms. The number of alkyl carbamates (subject to hydrolysis) is 1. The maximum absolute atomic E-state index is 11.5. The highest BCUT2D eigenvalue weighted by Gasteiger charge is 2.29. The lowest BCUT2D eigenvalue weighted by molar-refractivity contribution is 0.0392. The Morgan fingerprint density at radius 3 is 2.53 bits per heavy atom. The molecule has 0 spiro atoms. The quantitative estimate of drug-likeness (QED) is 0.767. The molecule has 88 valence electrons. The Kier molecular flexibility index (Phi) is 3.97. The molecule has 1 aliphatic carbocycles. The van der Waals surface area contributed by atoms with Crippen LogP contribution in [0.4, 0.5) is 4.79 Å². The summed E-state index contributed by atoms with van der Waals surface area (Å²) in [4.78, 5) is 11.5. The van der Waals surface area contributed by atoms with Gasteiger partial charge >= 0.3 is 6.09 Å². The minimum Gasteiger partial charge on any atom is -0.444 e. The molecule has 0 aromatic rings. The fraction of sp³-hybridized carbons (Fsp3) is 0.909. The molecule has 1 saturated carbocycles. The second-order valence-corrected chi connectivity index (χ2v) is 4.96. The Bertz CT molecular complexity index is 222. The summed E-state index contributed by atoms with van der Waals surface area (Å²) in [6.45, 7) is 5.57. The van der Waals surface area contributed by atoms with Crippen LogP contribution in [0.1, 0.15) is 40.0 Å². The highest BCUT2D eigenvalue weighted by Crippen LogP contribution is 2.21. The van der Waals surface area contributed by atoms with E-state index in [4.69, 9.17) is 9.47 Å². The lowest BCUT2D eigenvalue weighted by atomic mass is 10.2. The summed E-state index contributed by atoms with van der Waals surface area (Å²) in [5.74, 6) is 0. The molecular weight excluding hydrogens is 194 g/mol. The van der Waals surface area contributed by atoms with E-state index in [0.29, 0.717) is 0 Å². The first-order valence-corrected chi connectivity index (χ1v) is 5.44. The summed E-state index contributed by atoms with van der Waals surface area (Å²) in [7, 11) is 1.68. The van der Waals surface area contributed by atoms with Gasteiger partial charge in [-0.2, -0.15) is 0 Å². The van der Waals surface area contributed by atoms with Gasteiger partial charge in [0.05, 0.1) is 12.1 Å². The number of ether oxygens (including phenoxy) is 2. The largest absolute Gasteiger partial charge is 0.444 e. The molecule has 0 radical (unpaired) electrons. The lowest BCUT2D eigenvalue weighted by Gasteiger charge is -2.24. The average molecular weight is 215 g/mol. The van der Waals surface area contributed by atoms with Crippen molar-refractivity contribution in [2.45, 2.75) is 57.8 Å². The van der Waals surface area contributed by atoms with Crippen LogP contribution in [0.5, 0.6) is 0 Å². The summed E-state index contributed by atoms with van der Waals surface area (Å²) >= 11 is 0. The van der Waals surface area contributed by atoms with E-state index in [9.17, 15) is 4.79 Å². The van der Waals surface area contributed by atoms with E-state index in [2.05, 4.69) is 5.32 Å². The van der Waals surface area contributed by atoms with Crippen molar-refractivity contribution >= 4 is 6.09 Å². The van der Waals surface area contributed by atoms with E-state index >= 15 is 0 Å². The average Bonchev–Trinajstić information content (AvgIpc) is 2.48. The molecule has 0 unspecified atom stereocenters. The van der Waals surface area contributed by atoms with Gasteiger partial charge in [0.15, 0.2) is 0 Å². The van der Waals surface area contributed by atoms with E-state index in [1.165, 1.54) is 0 Å². The van der Waals surface area contributed by atoms with Gasteiger partial charge < -0.3 is 14.8 Å². The molecule has 2 atom stereocenters. The molecule has 4 nitrogen and oxygen atoms in total. The monoisotopic (exact) mass is 215 g/mol. The van der Waals surface area contributed by atoms with Gasteiger partial charge in [0.2, 0.25) is 0 Å². The number of carbonyl (C=O) groups is 1. The number of carbonyl (C=O) groups excluding carboxylic acids is 1. The van der Waals surface area contributed by atoms with Crippen LogP contribution in [0.3, 0.4) is 0 Å². The molecule has 15 heavy (non-hydrogen) atoms. The predicted octanol–water partition coefficient (Wildman–Crippen LogP) is 2.08. The zero-order chi connectivity index (χ0) is 11.5. The van der Waals surface area contributed by atoms with Crippen molar-refractivity contribution in [1.29, 1.82) is 0 Å². The summed E-state index contributed by atoms with van der Waals surface area (Å²) in [5.41, 5.74) is -0.439. The third kappa shape index (κ3) is 4.08. The number of nitrogens with one attached hydrogen (secondary N) is 1. The standard InChI is InChI=1S/C11H21NO3/c1-11(2,3)15-10(13)12-8-6-5-7-9(8)14-4/h8-9H,5-7H2,1-4H3,(H,12,13)/t8-,9+/m0/s1. The molecule has 1 amide bonds. The van der Waals surface area contributed by atoms with Crippen molar-refractivity contribution in [1.82, 2.24) is 5.32 Å². The summed E-state index contributed by atoms with van der Waals surface area (Å²) in [5, 5.41) is 2.85. The SMILES string of the molecule is CO[C@@H]1CCC[C@@H]1NC(=O)OC(C)(C)C. The first kappa shape index (κ1) is 12.3. The highest BCUT2D eigenvalue weighted by molar-refractivity contribution is 5.68. The Hall–Kier alpha value is -0.770. The van der Waals surface area contributed by atoms with Crippen molar-refractivity contribution in [2.75, 3.05) is 7.11 Å². The van der Waals surface area contributed by atoms with E-state index < -0.39 is 5.60 Å². The fourth-order valence-electron chi connectivity index (χ4n) is 1.83. The van der Waals surface area contributed by atoms with Crippen LogP contribution < -0.4 is 5.32 Å². The zero-order valence-corrected chi connectivity index (χ0v) is 10.0. The van der Waals surface area contributed by atoms with Crippen LogP contribution >= 0.6 is 0 Å². The van der Waals surface area contributed by atoms with Crippen LogP contribution in [0, 0.1) is 0 Å². The highest BCUT2D eigenvalue weighted by atomic mass is 16.6. The van der Waals surface area contributed by atoms with E-state index in [-0.39, 0.29) is 18.2 Å². The van der Waals surface area contributed by atoms with Gasteiger partial charge in [-0.3, -0.25) is 0 Å². The third-order valence-corrected chi connectivity index (χ3v) is 2.46. The molecule has 0 bridgehead atoms. The number of rotatable bonds is 2. The summed E-state index contributed by atoms with van der Waals surface area (Å²) in [6.07, 6.45) is 2.86. The summed E-state index contributed by atoms with van der Waals surface area (Å²) < 4.78 is 10.5. The Morgan fingerprint density at radius 1 is 1.33 bits per heavy atom. The van der Waals surface area contributed by atoms with Crippen LogP contribution in [0.2, 0.25) is 0 Å². The van der Waals surface area contributed by atoms with Crippen molar-refractivity contribution < 1.29 is 14.3 Å². The maximum Gasteiger partial charge on any atom is 0.407 e. The van der Waals surface area contributed by atoms with Crippen LogP contribution in [-0.2, 0) is 9.47 Å². The molecule has 0 saturated heterocycles. The van der Waals surface area contributed by atoms with E-state index in [1.807, 2.05) is 20.8 Å². The van der Waals surface area contributed by atoms with E-state index in [0.717, 1.165) is 19.3 Å². The second-order valence-electron chi connectivity index (χ2n) is 4.96. The maximum atomic E-state index is 11.5. The number of methoxy groups -OCH3 is 1. The van der Waals surface area contributed by atoms with Crippen molar-refractivity contribution in [2.24, 2.45) is 0 Å². The van der Waals surface area contributed by atoms with Gasteiger partial charge in [0, 0.05) is 7.11 Å². The molecule has 1 aliphatic rings. The van der Waals surface area contributed by atoms with Gasteiger partial charge in [-0.1, -0.05) is 0 Å². The number of amides is 1. The first-order chi connectivity index (χ1) is 6.92. The minimum absolute atomic E-state index is 0.102. The topological polar surface area (TPSA) is 47.6 Å². The van der Waals surface area contributed by atoms with Crippen molar-refractivity contribution in [3.05, 3.63) is 0 Å². The molecule has 0 aromatic heterocycles. The smallest absolute Gasteiger partial charge is 0.407 e. The third-order valence-electron chi connectivity index (χ3n) is 2.46. The molecule has 1 N–H and O–H groups in total. The van der Waals surface area contributed by atoms with Gasteiger partial charge in [-0.15, -0.1) is 0 Å². The Morgan fingerprint density at radius 2 is 2.00 bits per heavy atom. The lowest BCUT2D eigenvalue weighted by Crippen LogP contribution is -2.43. The van der Waals surface area contributed by atoms with Crippen molar-refractivity contribution in [3.8, 4) is 0 Å². The molecule has 0 aliphatic heterocycles. The fourth-order valence-corrected chi connectivity index (χ4v) is 1.83. The Labute approximate surface area is 91.3 Å². The molecule has 1 rings (SSSR count).